The van der Waals surface area contributed by atoms with Crippen molar-refractivity contribution in [3.63, 3.8) is 0 Å². The number of hydrogen-bond donors (Lipinski definition) is 2. The van der Waals surface area contributed by atoms with Crippen molar-refractivity contribution in [3.05, 3.63) is 219 Å². The van der Waals surface area contributed by atoms with Gasteiger partial charge in [-0.25, -0.2) is 4.57 Å². The molecule has 0 radical (unpaired) electrons. The number of ether oxygens (including phenoxy) is 2. The lowest BCUT2D eigenvalue weighted by atomic mass is 10.1. The number of rotatable bonds is 63. The summed E-state index contributed by atoms with van der Waals surface area (Å²) in [5.74, 6) is -0.873. The van der Waals surface area contributed by atoms with Crippen molar-refractivity contribution in [2.75, 3.05) is 26.4 Å². The van der Waals surface area contributed by atoms with E-state index in [0.717, 1.165) is 173 Å². The zero-order chi connectivity index (χ0) is 65.8. The van der Waals surface area contributed by atoms with Gasteiger partial charge in [0.2, 0.25) is 0 Å². The third kappa shape index (κ3) is 73.3. The Balaban J connectivity index is 4.05. The molecule has 0 spiro atoms. The van der Waals surface area contributed by atoms with Gasteiger partial charge in [-0.3, -0.25) is 18.6 Å². The number of carbonyl (C=O) groups excluding carboxylic acids is 2. The third-order valence-electron chi connectivity index (χ3n) is 13.9. The van der Waals surface area contributed by atoms with E-state index < -0.39 is 32.5 Å². The number of allylic oxidation sites excluding steroid dienone is 36. The molecule has 508 valence electrons. The minimum Gasteiger partial charge on any atom is -0.462 e. The lowest BCUT2D eigenvalue weighted by molar-refractivity contribution is -0.161. The van der Waals surface area contributed by atoms with Crippen LogP contribution in [0.15, 0.2) is 219 Å². The lowest BCUT2D eigenvalue weighted by Gasteiger charge is -2.19. The van der Waals surface area contributed by atoms with Gasteiger partial charge in [-0.1, -0.05) is 297 Å². The highest BCUT2D eigenvalue weighted by molar-refractivity contribution is 7.47. The normalized spacial score (nSPS) is 14.3. The third-order valence-corrected chi connectivity index (χ3v) is 14.8. The van der Waals surface area contributed by atoms with Crippen molar-refractivity contribution in [3.8, 4) is 0 Å². The van der Waals surface area contributed by atoms with Gasteiger partial charge in [-0.15, -0.1) is 0 Å². The summed E-state index contributed by atoms with van der Waals surface area (Å²) < 4.78 is 33.1. The van der Waals surface area contributed by atoms with E-state index in [-0.39, 0.29) is 32.6 Å². The zero-order valence-corrected chi connectivity index (χ0v) is 57.9. The average molecular weight is 1270 g/mol. The first-order valence-corrected chi connectivity index (χ1v) is 36.7. The van der Waals surface area contributed by atoms with Gasteiger partial charge in [-0.2, -0.15) is 0 Å². The van der Waals surface area contributed by atoms with E-state index in [2.05, 4.69) is 233 Å². The SMILES string of the molecule is CC/C=C\C/C=C\C/C=C\C/C=C\C/C=C\C/C=C\C/C=C\C/C=C\C/C=C\CCCCCCCCCCCC(=O)OC(COC(=O)CCCCCCC/C=C\C/C=C\C/C=C\C/C=C\C/C=C\C/C=C\C/C=C\C/C=C\C/C=C\CC)COP(=O)(O)OCCN. The topological polar surface area (TPSA) is 134 Å². The first kappa shape index (κ1) is 85.3. The Morgan fingerprint density at radius 1 is 0.330 bits per heavy atom. The van der Waals surface area contributed by atoms with E-state index >= 15 is 0 Å². The van der Waals surface area contributed by atoms with Crippen LogP contribution in [-0.4, -0.2) is 49.3 Å². The van der Waals surface area contributed by atoms with Gasteiger partial charge in [-0.05, 0) is 154 Å². The van der Waals surface area contributed by atoms with Crippen LogP contribution in [0.1, 0.15) is 245 Å². The Morgan fingerprint density at radius 3 is 0.846 bits per heavy atom. The van der Waals surface area contributed by atoms with Crippen LogP contribution in [0.2, 0.25) is 0 Å². The van der Waals surface area contributed by atoms with E-state index in [4.69, 9.17) is 24.3 Å². The standard InChI is InChI=1S/C81H126NO8P/c1-3-5-7-9-11-13-15-17-19-21-23-25-27-29-31-33-35-37-38-39-40-42-44-46-48-50-52-54-56-58-60-62-64-66-68-70-72-74-81(84)90-79(78-89-91(85,86)88-76-75-82)77-87-80(83)73-71-69-67-65-63-61-59-57-55-53-51-49-47-45-43-41-36-34-32-30-28-26-24-22-20-18-16-14-12-10-8-6-4-2/h5-8,11-14,17-20,23-26,29-32,35-37,39-41,44-47,50-53,57,59,79H,3-4,9-10,15-16,21-22,27-28,33-34,38,42-43,48-49,54-56,58,60-78,82H2,1-2H3,(H,85,86)/b7-5-,8-6-,13-11-,14-12-,19-17-,20-18-,25-23-,26-24-,31-29-,32-30-,37-35-,40-39-,41-36-,46-44-,47-45-,52-50-,53-51-,59-57-. The van der Waals surface area contributed by atoms with Crippen molar-refractivity contribution in [2.24, 2.45) is 5.73 Å². The van der Waals surface area contributed by atoms with Crippen LogP contribution < -0.4 is 5.73 Å². The van der Waals surface area contributed by atoms with Gasteiger partial charge in [0.25, 0.3) is 0 Å². The Bertz CT molecular complexity index is 2290. The molecule has 9 nitrogen and oxygen atoms in total. The van der Waals surface area contributed by atoms with Crippen molar-refractivity contribution < 1.29 is 37.6 Å². The summed E-state index contributed by atoms with van der Waals surface area (Å²) in [5, 5.41) is 0. The molecule has 91 heavy (non-hydrogen) atoms. The van der Waals surface area contributed by atoms with Crippen LogP contribution in [-0.2, 0) is 32.7 Å². The molecule has 2 unspecified atom stereocenters. The smallest absolute Gasteiger partial charge is 0.462 e. The predicted molar refractivity (Wildman–Crippen MR) is 394 cm³/mol. The molecule has 2 atom stereocenters. The van der Waals surface area contributed by atoms with Gasteiger partial charge >= 0.3 is 19.8 Å². The van der Waals surface area contributed by atoms with Crippen molar-refractivity contribution in [2.45, 2.75) is 251 Å². The second-order valence-corrected chi connectivity index (χ2v) is 23.7. The fourth-order valence-electron chi connectivity index (χ4n) is 8.74. The number of carbonyl (C=O) groups is 2. The van der Waals surface area contributed by atoms with Crippen LogP contribution in [0, 0.1) is 0 Å². The summed E-state index contributed by atoms with van der Waals surface area (Å²) >= 11 is 0. The predicted octanol–water partition coefficient (Wildman–Crippen LogP) is 23.6. The molecule has 0 aromatic heterocycles. The molecular weight excluding hydrogens is 1150 g/mol. The lowest BCUT2D eigenvalue weighted by Crippen LogP contribution is -2.29. The van der Waals surface area contributed by atoms with Crippen LogP contribution in [0.25, 0.3) is 0 Å². The second-order valence-electron chi connectivity index (χ2n) is 22.3. The highest BCUT2D eigenvalue weighted by Crippen LogP contribution is 2.43. The largest absolute Gasteiger partial charge is 0.472 e. The first-order chi connectivity index (χ1) is 44.8. The fourth-order valence-corrected chi connectivity index (χ4v) is 9.50. The van der Waals surface area contributed by atoms with Gasteiger partial charge in [0.1, 0.15) is 6.61 Å². The zero-order valence-electron chi connectivity index (χ0n) is 57.0. The number of esters is 2. The van der Waals surface area contributed by atoms with Gasteiger partial charge in [0, 0.05) is 19.4 Å². The molecule has 0 saturated carbocycles. The quantitative estimate of drug-likeness (QED) is 0.0264. The van der Waals surface area contributed by atoms with Gasteiger partial charge < -0.3 is 20.1 Å². The van der Waals surface area contributed by atoms with Crippen LogP contribution in [0.3, 0.4) is 0 Å². The van der Waals surface area contributed by atoms with E-state index in [1.807, 2.05) is 0 Å². The molecule has 0 fully saturated rings. The summed E-state index contributed by atoms with van der Waals surface area (Å²) in [4.78, 5) is 35.4. The number of phosphoric ester groups is 1. The number of phosphoric acid groups is 1. The van der Waals surface area contributed by atoms with E-state index in [1.54, 1.807) is 0 Å². The molecular formula is C81H126NO8P. The summed E-state index contributed by atoms with van der Waals surface area (Å²) in [6, 6.07) is 0. The van der Waals surface area contributed by atoms with Gasteiger partial charge in [0.05, 0.1) is 13.2 Å². The first-order valence-electron chi connectivity index (χ1n) is 35.2. The van der Waals surface area contributed by atoms with E-state index in [9.17, 15) is 19.0 Å². The highest BCUT2D eigenvalue weighted by Gasteiger charge is 2.26. The number of hydrogen-bond acceptors (Lipinski definition) is 8. The molecule has 0 saturated heterocycles. The molecule has 0 heterocycles. The minimum atomic E-state index is -4.42. The maximum absolute atomic E-state index is 12.8. The maximum Gasteiger partial charge on any atom is 0.472 e. The highest BCUT2D eigenvalue weighted by atomic mass is 31.2. The summed E-state index contributed by atoms with van der Waals surface area (Å²) in [6.45, 7) is 3.46. The molecule has 10 heteroatoms. The average Bonchev–Trinajstić information content (AvgIpc) is 3.74. The second kappa shape index (κ2) is 73.4. The molecule has 0 aromatic rings. The Morgan fingerprint density at radius 2 is 0.571 bits per heavy atom. The molecule has 3 N–H and O–H groups in total. The molecule has 0 aromatic carbocycles. The molecule has 0 rings (SSSR count). The van der Waals surface area contributed by atoms with Crippen LogP contribution in [0.5, 0.6) is 0 Å². The Kier molecular flexibility index (Phi) is 68.8. The Hall–Kier alpha value is -5.67. The molecule has 0 amide bonds. The fraction of sp³-hybridized carbons (Fsp3) is 0.531. The van der Waals surface area contributed by atoms with Crippen LogP contribution in [0.4, 0.5) is 0 Å². The summed E-state index contributed by atoms with van der Waals surface area (Å²) in [6.07, 6.45) is 114. The minimum absolute atomic E-state index is 0.0374. The number of unbranched alkanes of at least 4 members (excludes halogenated alkanes) is 14. The maximum atomic E-state index is 12.8. The summed E-state index contributed by atoms with van der Waals surface area (Å²) in [5.41, 5.74) is 5.40. The van der Waals surface area contributed by atoms with Gasteiger partial charge in [0.15, 0.2) is 6.10 Å². The van der Waals surface area contributed by atoms with E-state index in [1.165, 1.54) is 32.1 Å². The molecule has 0 aliphatic rings. The van der Waals surface area contributed by atoms with Crippen molar-refractivity contribution >= 4 is 19.8 Å². The number of nitrogens with two attached hydrogens (primary N) is 1. The van der Waals surface area contributed by atoms with Crippen molar-refractivity contribution in [1.82, 2.24) is 0 Å². The molecule has 0 aliphatic carbocycles. The molecule has 0 bridgehead atoms. The van der Waals surface area contributed by atoms with Crippen molar-refractivity contribution in [1.29, 1.82) is 0 Å². The monoisotopic (exact) mass is 1270 g/mol. The van der Waals surface area contributed by atoms with Crippen LogP contribution >= 0.6 is 7.82 Å². The summed E-state index contributed by atoms with van der Waals surface area (Å²) in [7, 11) is -4.42. The Labute approximate surface area is 556 Å². The molecule has 0 aliphatic heterocycles. The van der Waals surface area contributed by atoms with E-state index in [0.29, 0.717) is 12.8 Å².